The van der Waals surface area contributed by atoms with Gasteiger partial charge in [0.2, 0.25) is 0 Å². The number of nitrogens with one attached hydrogen (secondary N) is 1. The third-order valence-corrected chi connectivity index (χ3v) is 8.05. The summed E-state index contributed by atoms with van der Waals surface area (Å²) in [6, 6.07) is 45.8. The summed E-state index contributed by atoms with van der Waals surface area (Å²) in [5.74, 6) is -0.156. The second-order valence-corrected chi connectivity index (χ2v) is 11.4. The first-order chi connectivity index (χ1) is 22.1. The predicted molar refractivity (Wildman–Crippen MR) is 176 cm³/mol. The highest BCUT2D eigenvalue weighted by Gasteiger charge is 2.33. The Morgan fingerprint density at radius 2 is 1.22 bits per heavy atom. The summed E-state index contributed by atoms with van der Waals surface area (Å²) in [5, 5.41) is 12.5. The highest BCUT2D eigenvalue weighted by atomic mass is 16.7. The van der Waals surface area contributed by atoms with Gasteiger partial charge < -0.3 is 19.9 Å². The van der Waals surface area contributed by atoms with Gasteiger partial charge in [-0.25, -0.2) is 0 Å². The molecule has 3 atom stereocenters. The molecule has 6 nitrogen and oxygen atoms in total. The number of carbonyl (C=O) groups excluding carboxylic acids is 1. The monoisotopic (exact) mass is 598 g/mol. The fourth-order valence-corrected chi connectivity index (χ4v) is 5.71. The van der Waals surface area contributed by atoms with E-state index >= 15 is 0 Å². The van der Waals surface area contributed by atoms with Crippen molar-refractivity contribution in [2.75, 3.05) is 11.9 Å². The fraction of sp³-hybridized carbons (Fsp3) is 0.205. The molecule has 1 saturated heterocycles. The molecule has 0 spiro atoms. The van der Waals surface area contributed by atoms with Gasteiger partial charge in [0.05, 0.1) is 18.8 Å². The maximum Gasteiger partial charge on any atom is 0.255 e. The number of benzene rings is 5. The molecule has 0 saturated carbocycles. The minimum atomic E-state index is -0.583. The third kappa shape index (κ3) is 8.32. The third-order valence-electron chi connectivity index (χ3n) is 8.05. The van der Waals surface area contributed by atoms with Crippen LogP contribution in [-0.2, 0) is 29.2 Å². The van der Waals surface area contributed by atoms with Gasteiger partial charge in [0, 0.05) is 42.9 Å². The Bertz CT molecular complexity index is 1590. The molecule has 5 aromatic carbocycles. The first-order valence-corrected chi connectivity index (χ1v) is 15.4. The highest BCUT2D eigenvalue weighted by molar-refractivity contribution is 6.04. The van der Waals surface area contributed by atoms with E-state index in [1.54, 1.807) is 12.1 Å². The van der Waals surface area contributed by atoms with E-state index in [-0.39, 0.29) is 24.7 Å². The molecule has 0 aliphatic carbocycles. The van der Waals surface area contributed by atoms with Gasteiger partial charge >= 0.3 is 0 Å². The van der Waals surface area contributed by atoms with Crippen molar-refractivity contribution in [3.63, 3.8) is 0 Å². The van der Waals surface area contributed by atoms with Gasteiger partial charge in [-0.1, -0.05) is 115 Å². The first-order valence-electron chi connectivity index (χ1n) is 15.4. The first kappa shape index (κ1) is 30.4. The van der Waals surface area contributed by atoms with Crippen LogP contribution < -0.4 is 5.32 Å². The van der Waals surface area contributed by atoms with Gasteiger partial charge in [0.15, 0.2) is 6.29 Å². The minimum Gasteiger partial charge on any atom is -0.392 e. The summed E-state index contributed by atoms with van der Waals surface area (Å²) in [4.78, 5) is 15.1. The summed E-state index contributed by atoms with van der Waals surface area (Å²) < 4.78 is 13.3. The Balaban J connectivity index is 1.22. The van der Waals surface area contributed by atoms with Crippen molar-refractivity contribution in [1.82, 2.24) is 4.90 Å². The molecular weight excluding hydrogens is 560 g/mol. The van der Waals surface area contributed by atoms with Crippen LogP contribution in [0.1, 0.15) is 57.0 Å². The van der Waals surface area contributed by atoms with Crippen molar-refractivity contribution >= 4 is 11.6 Å². The molecule has 6 heteroatoms. The fourth-order valence-electron chi connectivity index (χ4n) is 5.71. The van der Waals surface area contributed by atoms with Crippen molar-refractivity contribution < 1.29 is 19.4 Å². The number of amides is 1. The Morgan fingerprint density at radius 3 is 1.80 bits per heavy atom. The molecule has 1 fully saturated rings. The SMILES string of the molecule is O=C(Nc1ccc([C@@H]2O[C@H](CN(Cc3ccccc3)Cc3ccccc3)C[C@H](c3ccc(CO)cc3)O2)cc1)c1ccccc1. The van der Waals surface area contributed by atoms with Gasteiger partial charge in [-0.05, 0) is 46.5 Å². The number of rotatable bonds is 11. The lowest BCUT2D eigenvalue weighted by Crippen LogP contribution is -2.39. The van der Waals surface area contributed by atoms with Crippen LogP contribution in [0.2, 0.25) is 0 Å². The highest BCUT2D eigenvalue weighted by Crippen LogP contribution is 2.38. The zero-order chi connectivity index (χ0) is 30.8. The zero-order valence-corrected chi connectivity index (χ0v) is 25.2. The number of nitrogens with zero attached hydrogens (tertiary/aromatic N) is 1. The summed E-state index contributed by atoms with van der Waals surface area (Å²) in [7, 11) is 0. The van der Waals surface area contributed by atoms with Crippen LogP contribution in [0.5, 0.6) is 0 Å². The van der Waals surface area contributed by atoms with Crippen molar-refractivity contribution in [3.8, 4) is 0 Å². The average molecular weight is 599 g/mol. The number of anilines is 1. The topological polar surface area (TPSA) is 71.0 Å². The van der Waals surface area contributed by atoms with Crippen LogP contribution in [0.4, 0.5) is 5.69 Å². The quantitative estimate of drug-likeness (QED) is 0.163. The van der Waals surface area contributed by atoms with E-state index in [1.807, 2.05) is 78.9 Å². The molecule has 0 unspecified atom stereocenters. The average Bonchev–Trinajstić information content (AvgIpc) is 3.10. The lowest BCUT2D eigenvalue weighted by molar-refractivity contribution is -0.253. The second kappa shape index (κ2) is 14.9. The lowest BCUT2D eigenvalue weighted by atomic mass is 9.99. The molecule has 0 aromatic heterocycles. The molecule has 0 bridgehead atoms. The molecule has 1 aliphatic rings. The van der Waals surface area contributed by atoms with E-state index in [4.69, 9.17) is 9.47 Å². The smallest absolute Gasteiger partial charge is 0.255 e. The molecule has 2 N–H and O–H groups in total. The molecule has 1 aliphatic heterocycles. The number of aliphatic hydroxyl groups excluding tert-OH is 1. The van der Waals surface area contributed by atoms with Crippen molar-refractivity contribution in [1.29, 1.82) is 0 Å². The standard InChI is InChI=1S/C39H38N2O4/c42-28-31-16-18-32(19-17-31)37-24-36(27-41(25-29-10-4-1-5-11-29)26-30-12-6-2-7-13-30)44-39(45-37)34-20-22-35(23-21-34)40-38(43)33-14-8-3-9-15-33/h1-23,36-37,39,42H,24-28H2,(H,40,43)/t36-,37+,39+/m0/s1. The summed E-state index contributed by atoms with van der Waals surface area (Å²) >= 11 is 0. The maximum atomic E-state index is 12.7. The molecule has 5 aromatic rings. The predicted octanol–water partition coefficient (Wildman–Crippen LogP) is 7.68. The molecule has 6 rings (SSSR count). The van der Waals surface area contributed by atoms with Crippen LogP contribution in [0, 0.1) is 0 Å². The largest absolute Gasteiger partial charge is 0.392 e. The number of aliphatic hydroxyl groups is 1. The van der Waals surface area contributed by atoms with Crippen LogP contribution >= 0.6 is 0 Å². The zero-order valence-electron chi connectivity index (χ0n) is 25.2. The van der Waals surface area contributed by atoms with E-state index in [0.717, 1.165) is 36.3 Å². The van der Waals surface area contributed by atoms with Gasteiger partial charge in [0.1, 0.15) is 0 Å². The Kier molecular flexibility index (Phi) is 10.1. The van der Waals surface area contributed by atoms with Crippen LogP contribution in [0.15, 0.2) is 140 Å². The van der Waals surface area contributed by atoms with Gasteiger partial charge in [-0.3, -0.25) is 9.69 Å². The Hall–Kier alpha value is -4.59. The van der Waals surface area contributed by atoms with Crippen molar-refractivity contribution in [3.05, 3.63) is 173 Å². The molecule has 228 valence electrons. The van der Waals surface area contributed by atoms with E-state index in [1.165, 1.54) is 11.1 Å². The van der Waals surface area contributed by atoms with E-state index in [9.17, 15) is 9.90 Å². The summed E-state index contributed by atoms with van der Waals surface area (Å²) in [6.45, 7) is 2.32. The van der Waals surface area contributed by atoms with Crippen LogP contribution in [-0.4, -0.2) is 28.6 Å². The Labute approximate surface area is 264 Å². The molecule has 45 heavy (non-hydrogen) atoms. The number of hydrogen-bond donors (Lipinski definition) is 2. The number of carbonyl (C=O) groups is 1. The molecular formula is C39H38N2O4. The van der Waals surface area contributed by atoms with Crippen molar-refractivity contribution in [2.45, 2.75) is 44.6 Å². The molecule has 1 amide bonds. The summed E-state index contributed by atoms with van der Waals surface area (Å²) in [6.07, 6.45) is -0.175. The summed E-state index contributed by atoms with van der Waals surface area (Å²) in [5.41, 5.74) is 6.61. The van der Waals surface area contributed by atoms with E-state index in [2.05, 4.69) is 58.7 Å². The molecule has 0 radical (unpaired) electrons. The Morgan fingerprint density at radius 1 is 0.667 bits per heavy atom. The maximum absolute atomic E-state index is 12.7. The normalized spacial score (nSPS) is 18.0. The minimum absolute atomic E-state index is 0.00125. The molecule has 1 heterocycles. The van der Waals surface area contributed by atoms with Crippen LogP contribution in [0.3, 0.4) is 0 Å². The van der Waals surface area contributed by atoms with Crippen LogP contribution in [0.25, 0.3) is 0 Å². The lowest BCUT2D eigenvalue weighted by Gasteiger charge is -2.38. The van der Waals surface area contributed by atoms with Gasteiger partial charge in [-0.15, -0.1) is 0 Å². The van der Waals surface area contributed by atoms with Gasteiger partial charge in [-0.2, -0.15) is 0 Å². The van der Waals surface area contributed by atoms with Gasteiger partial charge in [0.25, 0.3) is 5.91 Å². The van der Waals surface area contributed by atoms with E-state index in [0.29, 0.717) is 17.7 Å². The number of ether oxygens (including phenoxy) is 2. The second-order valence-electron chi connectivity index (χ2n) is 11.4. The van der Waals surface area contributed by atoms with E-state index < -0.39 is 6.29 Å². The number of hydrogen-bond acceptors (Lipinski definition) is 5. The van der Waals surface area contributed by atoms with Crippen molar-refractivity contribution in [2.24, 2.45) is 0 Å².